The molecule has 1 N–H and O–H groups in total. The maximum atomic E-state index is 12.7. The highest BCUT2D eigenvalue weighted by Crippen LogP contribution is 2.23. The van der Waals surface area contributed by atoms with Gasteiger partial charge in [0.15, 0.2) is 0 Å². The number of aromatic nitrogens is 2. The Morgan fingerprint density at radius 1 is 1.44 bits per heavy atom. The van der Waals surface area contributed by atoms with Gasteiger partial charge in [-0.25, -0.2) is 4.98 Å². The summed E-state index contributed by atoms with van der Waals surface area (Å²) >= 11 is 1.35. The molecule has 0 aromatic carbocycles. The van der Waals surface area contributed by atoms with Crippen molar-refractivity contribution in [1.29, 1.82) is 0 Å². The van der Waals surface area contributed by atoms with E-state index in [0.717, 1.165) is 22.3 Å². The van der Waals surface area contributed by atoms with Crippen LogP contribution in [0.25, 0.3) is 10.2 Å². The number of fused-ring (bicyclic) bond motifs is 1. The van der Waals surface area contributed by atoms with Gasteiger partial charge in [0.2, 0.25) is 5.91 Å². The van der Waals surface area contributed by atoms with Gasteiger partial charge in [0.25, 0.3) is 5.91 Å². The largest absolute Gasteiger partial charge is 0.355 e. The summed E-state index contributed by atoms with van der Waals surface area (Å²) in [5.74, 6) is 0.322. The summed E-state index contributed by atoms with van der Waals surface area (Å²) in [7, 11) is 3.73. The lowest BCUT2D eigenvalue weighted by Crippen LogP contribution is -2.37. The zero-order valence-electron chi connectivity index (χ0n) is 14.8. The first-order chi connectivity index (χ1) is 11.9. The average Bonchev–Trinajstić information content (AvgIpc) is 3.19. The highest BCUT2D eigenvalue weighted by molar-refractivity contribution is 7.12. The predicted molar refractivity (Wildman–Crippen MR) is 97.7 cm³/mol. The van der Waals surface area contributed by atoms with Crippen LogP contribution in [0.15, 0.2) is 12.3 Å². The number of carbonyl (C=O) groups excluding carboxylic acids is 2. The van der Waals surface area contributed by atoms with E-state index in [9.17, 15) is 9.59 Å². The smallest absolute Gasteiger partial charge is 0.255 e. The Hall–Kier alpha value is -2.06. The second kappa shape index (κ2) is 7.45. The second-order valence-corrected chi connectivity index (χ2v) is 7.54. The molecular formula is C17H23N5O2S. The van der Waals surface area contributed by atoms with Crippen molar-refractivity contribution in [1.82, 2.24) is 24.5 Å². The number of pyridine rings is 1. The van der Waals surface area contributed by atoms with Crippen LogP contribution in [0.3, 0.4) is 0 Å². The third kappa shape index (κ3) is 4.13. The van der Waals surface area contributed by atoms with E-state index < -0.39 is 0 Å². The van der Waals surface area contributed by atoms with Crippen molar-refractivity contribution in [3.05, 3.63) is 23.5 Å². The number of rotatable bonds is 5. The van der Waals surface area contributed by atoms with Crippen LogP contribution in [0.5, 0.6) is 0 Å². The van der Waals surface area contributed by atoms with Crippen molar-refractivity contribution in [2.24, 2.45) is 5.92 Å². The van der Waals surface area contributed by atoms with E-state index in [1.54, 1.807) is 6.20 Å². The highest BCUT2D eigenvalue weighted by atomic mass is 32.1. The number of likely N-dealkylation sites (tertiary alicyclic amines) is 1. The molecule has 134 valence electrons. The van der Waals surface area contributed by atoms with Crippen molar-refractivity contribution in [3.8, 4) is 0 Å². The van der Waals surface area contributed by atoms with Crippen LogP contribution in [-0.4, -0.2) is 71.2 Å². The van der Waals surface area contributed by atoms with Gasteiger partial charge < -0.3 is 15.1 Å². The summed E-state index contributed by atoms with van der Waals surface area (Å²) in [4.78, 5) is 33.4. The van der Waals surface area contributed by atoms with Crippen LogP contribution in [0.2, 0.25) is 0 Å². The topological polar surface area (TPSA) is 78.4 Å². The Labute approximate surface area is 151 Å². The number of carbonyl (C=O) groups is 2. The fraction of sp³-hybridized carbons (Fsp3) is 0.529. The molecule has 0 radical (unpaired) electrons. The summed E-state index contributed by atoms with van der Waals surface area (Å²) in [6.45, 7) is 4.30. The van der Waals surface area contributed by atoms with Gasteiger partial charge in [-0.2, -0.15) is 4.37 Å². The normalized spacial score (nSPS) is 17.4. The molecule has 1 saturated heterocycles. The van der Waals surface area contributed by atoms with Crippen molar-refractivity contribution in [2.45, 2.75) is 13.3 Å². The molecule has 2 aromatic heterocycles. The molecule has 8 heteroatoms. The van der Waals surface area contributed by atoms with Crippen molar-refractivity contribution in [2.75, 3.05) is 40.3 Å². The van der Waals surface area contributed by atoms with E-state index in [2.05, 4.69) is 14.7 Å². The molecule has 7 nitrogen and oxygen atoms in total. The molecule has 0 spiro atoms. The summed E-state index contributed by atoms with van der Waals surface area (Å²) in [6.07, 6.45) is 2.54. The maximum Gasteiger partial charge on any atom is 0.255 e. The SMILES string of the molecule is Cc1nsc2ncc(C(=O)N3CCC(CNC(=O)CN(C)C)C3)cc12. The molecule has 1 aliphatic heterocycles. The Bertz CT molecular complexity index is 788. The van der Waals surface area contributed by atoms with Crippen LogP contribution < -0.4 is 5.32 Å². The quantitative estimate of drug-likeness (QED) is 0.864. The summed E-state index contributed by atoms with van der Waals surface area (Å²) in [6, 6.07) is 1.88. The van der Waals surface area contributed by atoms with Gasteiger partial charge in [-0.15, -0.1) is 0 Å². The molecule has 1 atom stereocenters. The minimum Gasteiger partial charge on any atom is -0.355 e. The first-order valence-corrected chi connectivity index (χ1v) is 9.14. The molecule has 2 amide bonds. The van der Waals surface area contributed by atoms with E-state index in [1.807, 2.05) is 36.9 Å². The number of hydrogen-bond donors (Lipinski definition) is 1. The maximum absolute atomic E-state index is 12.7. The van der Waals surface area contributed by atoms with Gasteiger partial charge in [-0.1, -0.05) is 0 Å². The van der Waals surface area contributed by atoms with Gasteiger partial charge in [-0.3, -0.25) is 9.59 Å². The molecule has 1 aliphatic rings. The third-order valence-corrected chi connectivity index (χ3v) is 5.24. The van der Waals surface area contributed by atoms with Gasteiger partial charge >= 0.3 is 0 Å². The first-order valence-electron chi connectivity index (χ1n) is 8.36. The molecule has 0 saturated carbocycles. The van der Waals surface area contributed by atoms with Crippen LogP contribution in [0.4, 0.5) is 0 Å². The van der Waals surface area contributed by atoms with Crippen LogP contribution >= 0.6 is 11.5 Å². The number of nitrogens with zero attached hydrogens (tertiary/aromatic N) is 4. The van der Waals surface area contributed by atoms with E-state index >= 15 is 0 Å². The molecule has 1 unspecified atom stereocenters. The number of hydrogen-bond acceptors (Lipinski definition) is 6. The second-order valence-electron chi connectivity index (χ2n) is 6.79. The van der Waals surface area contributed by atoms with E-state index in [0.29, 0.717) is 37.7 Å². The molecule has 0 aliphatic carbocycles. The molecule has 0 bridgehead atoms. The lowest BCUT2D eigenvalue weighted by atomic mass is 10.1. The van der Waals surface area contributed by atoms with Gasteiger partial charge in [0.1, 0.15) is 4.83 Å². The average molecular weight is 361 g/mol. The minimum atomic E-state index is 0.00196. The lowest BCUT2D eigenvalue weighted by Gasteiger charge is -2.17. The summed E-state index contributed by atoms with van der Waals surface area (Å²) < 4.78 is 4.28. The fourth-order valence-corrected chi connectivity index (χ4v) is 3.76. The zero-order chi connectivity index (χ0) is 18.0. The van der Waals surface area contributed by atoms with Gasteiger partial charge in [-0.05, 0) is 51.0 Å². The van der Waals surface area contributed by atoms with Gasteiger partial charge in [0, 0.05) is 31.2 Å². The fourth-order valence-electron chi connectivity index (χ4n) is 3.03. The molecule has 1 fully saturated rings. The zero-order valence-corrected chi connectivity index (χ0v) is 15.6. The molecule has 25 heavy (non-hydrogen) atoms. The summed E-state index contributed by atoms with van der Waals surface area (Å²) in [5.41, 5.74) is 1.51. The first kappa shape index (κ1) is 17.8. The molecule has 3 heterocycles. The number of aryl methyl sites for hydroxylation is 1. The van der Waals surface area contributed by atoms with Crippen molar-refractivity contribution < 1.29 is 9.59 Å². The van der Waals surface area contributed by atoms with E-state index in [4.69, 9.17) is 0 Å². The highest BCUT2D eigenvalue weighted by Gasteiger charge is 2.27. The molecule has 3 rings (SSSR count). The summed E-state index contributed by atoms with van der Waals surface area (Å²) in [5, 5.41) is 3.89. The Balaban J connectivity index is 1.58. The van der Waals surface area contributed by atoms with Crippen LogP contribution in [0.1, 0.15) is 22.5 Å². The van der Waals surface area contributed by atoms with Crippen LogP contribution in [0, 0.1) is 12.8 Å². The third-order valence-electron chi connectivity index (χ3n) is 4.38. The molecular weight excluding hydrogens is 338 g/mol. The number of likely N-dealkylation sites (N-methyl/N-ethyl adjacent to an activating group) is 1. The standard InChI is InChI=1S/C17H23N5O2S/c1-11-14-6-13(8-19-16(14)25-20-11)17(24)22-5-4-12(9-22)7-18-15(23)10-21(2)3/h6,8,12H,4-5,7,9-10H2,1-3H3,(H,18,23). The Morgan fingerprint density at radius 2 is 2.24 bits per heavy atom. The van der Waals surface area contributed by atoms with E-state index in [-0.39, 0.29) is 11.8 Å². The lowest BCUT2D eigenvalue weighted by molar-refractivity contribution is -0.121. The monoisotopic (exact) mass is 361 g/mol. The molecule has 2 aromatic rings. The predicted octanol–water partition coefficient (Wildman–Crippen LogP) is 1.14. The Morgan fingerprint density at radius 3 is 3.00 bits per heavy atom. The van der Waals surface area contributed by atoms with Gasteiger partial charge in [0.05, 0.1) is 17.8 Å². The van der Waals surface area contributed by atoms with Crippen LogP contribution in [-0.2, 0) is 4.79 Å². The van der Waals surface area contributed by atoms with Crippen molar-refractivity contribution in [3.63, 3.8) is 0 Å². The Kier molecular flexibility index (Phi) is 5.29. The van der Waals surface area contributed by atoms with Crippen molar-refractivity contribution >= 4 is 33.6 Å². The number of nitrogens with one attached hydrogen (secondary N) is 1. The number of amides is 2. The minimum absolute atomic E-state index is 0.00196. The van der Waals surface area contributed by atoms with E-state index in [1.165, 1.54) is 11.5 Å².